The second-order valence-electron chi connectivity index (χ2n) is 7.69. The number of carbonyl (C=O) groups excluding carboxylic acids is 1. The van der Waals surface area contributed by atoms with Gasteiger partial charge in [0, 0.05) is 17.8 Å². The van der Waals surface area contributed by atoms with Crippen LogP contribution in [-0.2, 0) is 10.0 Å². The average Bonchev–Trinajstić information content (AvgIpc) is 3.30. The van der Waals surface area contributed by atoms with Gasteiger partial charge in [-0.25, -0.2) is 17.2 Å². The molecule has 33 heavy (non-hydrogen) atoms. The highest BCUT2D eigenvalue weighted by Crippen LogP contribution is 2.34. The number of benzene rings is 3. The lowest BCUT2D eigenvalue weighted by Gasteiger charge is -2.25. The van der Waals surface area contributed by atoms with Crippen LogP contribution in [0, 0.1) is 11.6 Å². The van der Waals surface area contributed by atoms with E-state index >= 15 is 0 Å². The Bertz CT molecular complexity index is 1280. The summed E-state index contributed by atoms with van der Waals surface area (Å²) >= 11 is 0. The molecule has 0 aromatic heterocycles. The number of hydrogen-bond acceptors (Lipinski definition) is 4. The Kier molecular flexibility index (Phi) is 6.33. The zero-order valence-corrected chi connectivity index (χ0v) is 18.6. The molecule has 1 aliphatic rings. The van der Waals surface area contributed by atoms with Gasteiger partial charge in [0.2, 0.25) is 0 Å². The molecular weight excluding hydrogens is 450 g/mol. The third-order valence-electron chi connectivity index (χ3n) is 5.58. The van der Waals surface area contributed by atoms with E-state index in [1.165, 1.54) is 24.3 Å². The first-order chi connectivity index (χ1) is 15.8. The summed E-state index contributed by atoms with van der Waals surface area (Å²) in [5, 5.41) is 0. The van der Waals surface area contributed by atoms with E-state index < -0.39 is 26.6 Å². The molecule has 1 fully saturated rings. The highest BCUT2D eigenvalue weighted by molar-refractivity contribution is 7.92. The van der Waals surface area contributed by atoms with E-state index in [2.05, 4.69) is 4.72 Å². The van der Waals surface area contributed by atoms with Crippen molar-refractivity contribution in [3.63, 3.8) is 0 Å². The molecule has 6 nitrogen and oxygen atoms in total. The Morgan fingerprint density at radius 1 is 1.03 bits per heavy atom. The summed E-state index contributed by atoms with van der Waals surface area (Å²) in [7, 11) is -2.52. The molecule has 1 N–H and O–H groups in total. The first kappa shape index (κ1) is 22.7. The number of hydrogen-bond donors (Lipinski definition) is 1. The molecule has 1 atom stereocenters. The zero-order valence-electron chi connectivity index (χ0n) is 17.8. The number of nitrogens with one attached hydrogen (secondary N) is 1. The molecule has 1 unspecified atom stereocenters. The Morgan fingerprint density at radius 3 is 2.48 bits per heavy atom. The van der Waals surface area contributed by atoms with Gasteiger partial charge in [0.25, 0.3) is 15.9 Å². The highest BCUT2D eigenvalue weighted by atomic mass is 32.2. The van der Waals surface area contributed by atoms with E-state index in [0.29, 0.717) is 18.2 Å². The predicted octanol–water partition coefficient (Wildman–Crippen LogP) is 4.75. The smallest absolute Gasteiger partial charge is 0.261 e. The number of carbonyl (C=O) groups is 1. The Balaban J connectivity index is 1.50. The van der Waals surface area contributed by atoms with Crippen LogP contribution in [0.5, 0.6) is 5.75 Å². The molecule has 0 radical (unpaired) electrons. The summed E-state index contributed by atoms with van der Waals surface area (Å²) in [5.74, 6) is -1.82. The largest absolute Gasteiger partial charge is 0.497 e. The van der Waals surface area contributed by atoms with Crippen molar-refractivity contribution < 1.29 is 26.7 Å². The molecule has 9 heteroatoms. The van der Waals surface area contributed by atoms with Crippen LogP contribution in [-0.4, -0.2) is 32.9 Å². The van der Waals surface area contributed by atoms with Gasteiger partial charge in [-0.3, -0.25) is 9.52 Å². The lowest BCUT2D eigenvalue weighted by atomic mass is 10.0. The van der Waals surface area contributed by atoms with Crippen molar-refractivity contribution >= 4 is 21.6 Å². The van der Waals surface area contributed by atoms with Gasteiger partial charge in [-0.05, 0) is 73.0 Å². The standard InChI is InChI=1S/C24H22F2N2O4S/c1-32-19-5-2-4-17(14-19)23-6-3-13-28(23)24(29)16-7-9-18(10-8-16)27-33(30,31)20-11-12-21(25)22(26)15-20/h2,4-5,7-12,14-15,23,27H,3,6,13H2,1H3. The molecule has 172 valence electrons. The van der Waals surface area contributed by atoms with Crippen LogP contribution in [0.3, 0.4) is 0 Å². The Labute approximate surface area is 190 Å². The minimum Gasteiger partial charge on any atom is -0.497 e. The molecule has 0 bridgehead atoms. The predicted molar refractivity (Wildman–Crippen MR) is 120 cm³/mol. The highest BCUT2D eigenvalue weighted by Gasteiger charge is 2.30. The van der Waals surface area contributed by atoms with E-state index in [-0.39, 0.29) is 17.6 Å². The molecule has 0 saturated carbocycles. The zero-order chi connectivity index (χ0) is 23.6. The van der Waals surface area contributed by atoms with Crippen molar-refractivity contribution in [3.8, 4) is 5.75 Å². The van der Waals surface area contributed by atoms with Gasteiger partial charge in [0.1, 0.15) is 5.75 Å². The Hall–Kier alpha value is -3.46. The topological polar surface area (TPSA) is 75.7 Å². The quantitative estimate of drug-likeness (QED) is 0.562. The maximum absolute atomic E-state index is 13.4. The third kappa shape index (κ3) is 4.83. The first-order valence-electron chi connectivity index (χ1n) is 10.3. The maximum Gasteiger partial charge on any atom is 0.261 e. The molecule has 3 aromatic rings. The van der Waals surface area contributed by atoms with Crippen molar-refractivity contribution in [2.75, 3.05) is 18.4 Å². The molecule has 3 aromatic carbocycles. The third-order valence-corrected chi connectivity index (χ3v) is 6.96. The van der Waals surface area contributed by atoms with E-state index in [0.717, 1.165) is 36.3 Å². The number of amides is 1. The minimum atomic E-state index is -4.12. The SMILES string of the molecule is COc1cccc(C2CCCN2C(=O)c2ccc(NS(=O)(=O)c3ccc(F)c(F)c3)cc2)c1. The fraction of sp³-hybridized carbons (Fsp3) is 0.208. The number of halogens is 2. The molecule has 1 heterocycles. The molecule has 1 saturated heterocycles. The van der Waals surface area contributed by atoms with Gasteiger partial charge < -0.3 is 9.64 Å². The lowest BCUT2D eigenvalue weighted by Crippen LogP contribution is -2.30. The van der Waals surface area contributed by atoms with Gasteiger partial charge in [0.05, 0.1) is 18.0 Å². The van der Waals surface area contributed by atoms with Crippen molar-refractivity contribution in [1.82, 2.24) is 4.90 Å². The second kappa shape index (κ2) is 9.19. The van der Waals surface area contributed by atoms with Crippen LogP contribution in [0.25, 0.3) is 0 Å². The minimum absolute atomic E-state index is 0.0702. The summed E-state index contributed by atoms with van der Waals surface area (Å²) in [5.41, 5.74) is 1.61. The van der Waals surface area contributed by atoms with Gasteiger partial charge in [-0.1, -0.05) is 12.1 Å². The number of rotatable bonds is 6. The van der Waals surface area contributed by atoms with Crippen molar-refractivity contribution in [2.45, 2.75) is 23.8 Å². The number of likely N-dealkylation sites (tertiary alicyclic amines) is 1. The van der Waals surface area contributed by atoms with Crippen molar-refractivity contribution in [2.24, 2.45) is 0 Å². The van der Waals surface area contributed by atoms with Gasteiger partial charge >= 0.3 is 0 Å². The molecule has 0 spiro atoms. The van der Waals surface area contributed by atoms with Crippen LogP contribution >= 0.6 is 0 Å². The summed E-state index contributed by atoms with van der Waals surface area (Å²) < 4.78 is 59.0. The van der Waals surface area contributed by atoms with E-state index in [4.69, 9.17) is 4.74 Å². The lowest BCUT2D eigenvalue weighted by molar-refractivity contribution is 0.0735. The molecular formula is C24H22F2N2O4S. The summed E-state index contributed by atoms with van der Waals surface area (Å²) in [6, 6.07) is 15.9. The number of nitrogens with zero attached hydrogens (tertiary/aromatic N) is 1. The number of sulfonamides is 1. The number of ether oxygens (including phenoxy) is 1. The molecule has 1 aliphatic heterocycles. The fourth-order valence-electron chi connectivity index (χ4n) is 3.91. The second-order valence-corrected chi connectivity index (χ2v) is 9.37. The fourth-order valence-corrected chi connectivity index (χ4v) is 4.98. The van der Waals surface area contributed by atoms with Crippen LogP contribution in [0.15, 0.2) is 71.6 Å². The van der Waals surface area contributed by atoms with Crippen molar-refractivity contribution in [3.05, 3.63) is 89.5 Å². The van der Waals surface area contributed by atoms with Gasteiger partial charge in [0.15, 0.2) is 11.6 Å². The maximum atomic E-state index is 13.4. The Morgan fingerprint density at radius 2 is 1.79 bits per heavy atom. The normalized spacial score (nSPS) is 16.0. The number of anilines is 1. The molecule has 0 aliphatic carbocycles. The van der Waals surface area contributed by atoms with E-state index in [1.54, 1.807) is 12.0 Å². The summed E-state index contributed by atoms with van der Waals surface area (Å²) in [6.45, 7) is 0.616. The summed E-state index contributed by atoms with van der Waals surface area (Å²) in [4.78, 5) is 14.5. The van der Waals surface area contributed by atoms with E-state index in [9.17, 15) is 22.0 Å². The van der Waals surface area contributed by atoms with Crippen LogP contribution in [0.4, 0.5) is 14.5 Å². The van der Waals surface area contributed by atoms with Crippen LogP contribution in [0.2, 0.25) is 0 Å². The van der Waals surface area contributed by atoms with Gasteiger partial charge in [-0.2, -0.15) is 0 Å². The molecule has 4 rings (SSSR count). The van der Waals surface area contributed by atoms with Gasteiger partial charge in [-0.15, -0.1) is 0 Å². The average molecular weight is 473 g/mol. The van der Waals surface area contributed by atoms with Crippen molar-refractivity contribution in [1.29, 1.82) is 0 Å². The first-order valence-corrected chi connectivity index (χ1v) is 11.8. The monoisotopic (exact) mass is 472 g/mol. The van der Waals surface area contributed by atoms with Crippen LogP contribution in [0.1, 0.15) is 34.8 Å². The van der Waals surface area contributed by atoms with E-state index in [1.807, 2.05) is 24.3 Å². The summed E-state index contributed by atoms with van der Waals surface area (Å²) in [6.07, 6.45) is 1.71. The van der Waals surface area contributed by atoms with Crippen LogP contribution < -0.4 is 9.46 Å². The molecule has 1 amide bonds. The number of methoxy groups -OCH3 is 1.